The molecule has 0 bridgehead atoms. The molecule has 1 aliphatic heterocycles. The van der Waals surface area contributed by atoms with Crippen LogP contribution in [0, 0.1) is 0 Å². The number of amides is 2. The van der Waals surface area contributed by atoms with Crippen molar-refractivity contribution in [1.29, 1.82) is 0 Å². The van der Waals surface area contributed by atoms with Gasteiger partial charge in [-0.05, 0) is 24.3 Å². The first kappa shape index (κ1) is 17.0. The lowest BCUT2D eigenvalue weighted by Gasteiger charge is -2.37. The van der Waals surface area contributed by atoms with Crippen LogP contribution in [0.15, 0.2) is 54.6 Å². The summed E-state index contributed by atoms with van der Waals surface area (Å²) < 4.78 is 0. The molecule has 2 amide bonds. The zero-order valence-corrected chi connectivity index (χ0v) is 14.4. The van der Waals surface area contributed by atoms with E-state index in [1.54, 1.807) is 0 Å². The summed E-state index contributed by atoms with van der Waals surface area (Å²) in [5, 5.41) is 2.96. The van der Waals surface area contributed by atoms with Gasteiger partial charge in [0.2, 0.25) is 5.91 Å². The Morgan fingerprint density at radius 3 is 2.24 bits per heavy atom. The monoisotopic (exact) mass is 337 g/mol. The zero-order chi connectivity index (χ0) is 17.6. The van der Waals surface area contributed by atoms with E-state index in [0.29, 0.717) is 19.5 Å². The Bertz CT molecular complexity index is 738. The fourth-order valence-corrected chi connectivity index (χ4v) is 3.01. The maximum absolute atomic E-state index is 12.5. The average molecular weight is 337 g/mol. The van der Waals surface area contributed by atoms with Gasteiger partial charge >= 0.3 is 0 Å². The predicted molar refractivity (Wildman–Crippen MR) is 99.9 cm³/mol. The Hall–Kier alpha value is -2.82. The quantitative estimate of drug-likeness (QED) is 0.933. The zero-order valence-electron chi connectivity index (χ0n) is 14.4. The molecule has 130 valence electrons. The number of rotatable bonds is 4. The molecule has 1 fully saturated rings. The van der Waals surface area contributed by atoms with Gasteiger partial charge < -0.3 is 15.1 Å². The molecular formula is C20H23N3O2. The van der Waals surface area contributed by atoms with Crippen molar-refractivity contribution in [2.45, 2.75) is 13.3 Å². The van der Waals surface area contributed by atoms with Crippen LogP contribution >= 0.6 is 0 Å². The van der Waals surface area contributed by atoms with E-state index < -0.39 is 0 Å². The maximum Gasteiger partial charge on any atom is 0.253 e. The van der Waals surface area contributed by atoms with Crippen LogP contribution < -0.4 is 10.2 Å². The molecule has 2 aromatic carbocycles. The van der Waals surface area contributed by atoms with Gasteiger partial charge in [-0.25, -0.2) is 0 Å². The molecule has 1 heterocycles. The number of nitrogens with one attached hydrogen (secondary N) is 1. The van der Waals surface area contributed by atoms with Gasteiger partial charge in [0.25, 0.3) is 5.91 Å². The Kier molecular flexibility index (Phi) is 5.33. The van der Waals surface area contributed by atoms with Gasteiger partial charge in [0.05, 0.1) is 11.4 Å². The standard InChI is InChI=1S/C20H23N3O2/c1-2-19(24)21-17-10-6-7-11-18(17)22-12-14-23(15-13-22)20(25)16-8-4-3-5-9-16/h3-11H,2,12-15H2,1H3,(H,21,24). The van der Waals surface area contributed by atoms with E-state index in [1.165, 1.54) is 0 Å². The molecule has 2 aromatic rings. The Morgan fingerprint density at radius 2 is 1.56 bits per heavy atom. The summed E-state index contributed by atoms with van der Waals surface area (Å²) >= 11 is 0. The van der Waals surface area contributed by atoms with Crippen LogP contribution in [-0.4, -0.2) is 42.9 Å². The van der Waals surface area contributed by atoms with Gasteiger partial charge in [-0.1, -0.05) is 37.3 Å². The second-order valence-electron chi connectivity index (χ2n) is 6.06. The van der Waals surface area contributed by atoms with Crippen molar-refractivity contribution >= 4 is 23.2 Å². The summed E-state index contributed by atoms with van der Waals surface area (Å²) in [6.07, 6.45) is 0.452. The highest BCUT2D eigenvalue weighted by Crippen LogP contribution is 2.27. The number of carbonyl (C=O) groups excluding carboxylic acids is 2. The molecule has 1 aliphatic rings. The van der Waals surface area contributed by atoms with Crippen molar-refractivity contribution < 1.29 is 9.59 Å². The normalized spacial score (nSPS) is 14.3. The van der Waals surface area contributed by atoms with Gasteiger partial charge in [0.1, 0.15) is 0 Å². The topological polar surface area (TPSA) is 52.7 Å². The maximum atomic E-state index is 12.5. The Morgan fingerprint density at radius 1 is 0.920 bits per heavy atom. The highest BCUT2D eigenvalue weighted by molar-refractivity contribution is 5.95. The van der Waals surface area contributed by atoms with E-state index in [0.717, 1.165) is 30.0 Å². The van der Waals surface area contributed by atoms with Crippen molar-refractivity contribution in [3.63, 3.8) is 0 Å². The van der Waals surface area contributed by atoms with Crippen LogP contribution in [0.25, 0.3) is 0 Å². The summed E-state index contributed by atoms with van der Waals surface area (Å²) in [5.74, 6) is 0.0816. The highest BCUT2D eigenvalue weighted by atomic mass is 16.2. The van der Waals surface area contributed by atoms with Gasteiger partial charge in [0.15, 0.2) is 0 Å². The van der Waals surface area contributed by atoms with Crippen molar-refractivity contribution in [3.05, 3.63) is 60.2 Å². The molecule has 0 saturated carbocycles. The summed E-state index contributed by atoms with van der Waals surface area (Å²) in [6.45, 7) is 4.68. The Balaban J connectivity index is 1.67. The molecule has 25 heavy (non-hydrogen) atoms. The van der Waals surface area contributed by atoms with E-state index in [-0.39, 0.29) is 11.8 Å². The molecular weight excluding hydrogens is 314 g/mol. The van der Waals surface area contributed by atoms with Crippen LogP contribution in [0.5, 0.6) is 0 Å². The van der Waals surface area contributed by atoms with Crippen molar-refractivity contribution in [2.75, 3.05) is 36.4 Å². The first-order valence-electron chi connectivity index (χ1n) is 8.67. The number of hydrogen-bond donors (Lipinski definition) is 1. The lowest BCUT2D eigenvalue weighted by Crippen LogP contribution is -2.49. The van der Waals surface area contributed by atoms with E-state index in [4.69, 9.17) is 0 Å². The third kappa shape index (κ3) is 3.99. The molecule has 0 aromatic heterocycles. The van der Waals surface area contributed by atoms with E-state index in [9.17, 15) is 9.59 Å². The van der Waals surface area contributed by atoms with Gasteiger partial charge in [-0.2, -0.15) is 0 Å². The van der Waals surface area contributed by atoms with Gasteiger partial charge in [-0.15, -0.1) is 0 Å². The van der Waals surface area contributed by atoms with Crippen LogP contribution in [0.3, 0.4) is 0 Å². The van der Waals surface area contributed by atoms with Crippen LogP contribution in [0.2, 0.25) is 0 Å². The SMILES string of the molecule is CCC(=O)Nc1ccccc1N1CCN(C(=O)c2ccccc2)CC1. The van der Waals surface area contributed by atoms with Gasteiger partial charge in [0, 0.05) is 38.2 Å². The minimum atomic E-state index is 0.00495. The fourth-order valence-electron chi connectivity index (χ4n) is 3.01. The molecule has 0 radical (unpaired) electrons. The van der Waals surface area contributed by atoms with E-state index in [1.807, 2.05) is 66.4 Å². The van der Waals surface area contributed by atoms with Crippen LogP contribution in [0.1, 0.15) is 23.7 Å². The average Bonchev–Trinajstić information content (AvgIpc) is 2.68. The number of para-hydroxylation sites is 2. The minimum Gasteiger partial charge on any atom is -0.366 e. The number of nitrogens with zero attached hydrogens (tertiary/aromatic N) is 2. The molecule has 3 rings (SSSR count). The number of hydrogen-bond acceptors (Lipinski definition) is 3. The van der Waals surface area contributed by atoms with Crippen LogP contribution in [-0.2, 0) is 4.79 Å². The lowest BCUT2D eigenvalue weighted by atomic mass is 10.1. The molecule has 0 aliphatic carbocycles. The van der Waals surface area contributed by atoms with Crippen molar-refractivity contribution in [1.82, 2.24) is 4.90 Å². The third-order valence-corrected chi connectivity index (χ3v) is 4.43. The molecule has 0 atom stereocenters. The molecule has 0 spiro atoms. The second-order valence-corrected chi connectivity index (χ2v) is 6.06. The number of benzene rings is 2. The largest absolute Gasteiger partial charge is 0.366 e. The van der Waals surface area contributed by atoms with E-state index >= 15 is 0 Å². The third-order valence-electron chi connectivity index (χ3n) is 4.43. The van der Waals surface area contributed by atoms with E-state index in [2.05, 4.69) is 10.2 Å². The number of carbonyl (C=O) groups is 2. The summed E-state index contributed by atoms with van der Waals surface area (Å²) in [6, 6.07) is 17.2. The fraction of sp³-hybridized carbons (Fsp3) is 0.300. The predicted octanol–water partition coefficient (Wildman–Crippen LogP) is 3.00. The summed E-state index contributed by atoms with van der Waals surface area (Å²) in [7, 11) is 0. The van der Waals surface area contributed by atoms with Crippen molar-refractivity contribution in [3.8, 4) is 0 Å². The number of piperazine rings is 1. The smallest absolute Gasteiger partial charge is 0.253 e. The molecule has 1 N–H and O–H groups in total. The first-order valence-corrected chi connectivity index (χ1v) is 8.67. The molecule has 1 saturated heterocycles. The van der Waals surface area contributed by atoms with Crippen LogP contribution in [0.4, 0.5) is 11.4 Å². The molecule has 5 nitrogen and oxygen atoms in total. The number of anilines is 2. The summed E-state index contributed by atoms with van der Waals surface area (Å²) in [5.41, 5.74) is 2.57. The van der Waals surface area contributed by atoms with Crippen molar-refractivity contribution in [2.24, 2.45) is 0 Å². The summed E-state index contributed by atoms with van der Waals surface area (Å²) in [4.78, 5) is 28.4. The highest BCUT2D eigenvalue weighted by Gasteiger charge is 2.23. The Labute approximate surface area is 148 Å². The van der Waals surface area contributed by atoms with Gasteiger partial charge in [-0.3, -0.25) is 9.59 Å². The molecule has 5 heteroatoms. The first-order chi connectivity index (χ1) is 12.2. The second kappa shape index (κ2) is 7.83. The minimum absolute atomic E-state index is 0.00495. The lowest BCUT2D eigenvalue weighted by molar-refractivity contribution is -0.115. The molecule has 0 unspecified atom stereocenters.